The van der Waals surface area contributed by atoms with Gasteiger partial charge in [0.05, 0.1) is 13.7 Å². The molecule has 110 valence electrons. The second-order valence-corrected chi connectivity index (χ2v) is 5.05. The van der Waals surface area contributed by atoms with E-state index in [9.17, 15) is 9.59 Å². The Morgan fingerprint density at radius 2 is 1.95 bits per heavy atom. The summed E-state index contributed by atoms with van der Waals surface area (Å²) in [6, 6.07) is 7.15. The summed E-state index contributed by atoms with van der Waals surface area (Å²) >= 11 is 0. The van der Waals surface area contributed by atoms with Gasteiger partial charge in [0.25, 0.3) is 11.6 Å². The summed E-state index contributed by atoms with van der Waals surface area (Å²) in [6.45, 7) is 5.48. The van der Waals surface area contributed by atoms with Crippen LogP contribution in [0.1, 0.15) is 27.2 Å². The molecule has 1 heterocycles. The molecule has 1 aromatic heterocycles. The maximum Gasteiger partial charge on any atom is 0.299 e. The predicted molar refractivity (Wildman–Crippen MR) is 80.0 cm³/mol. The Labute approximate surface area is 123 Å². The Kier molecular flexibility index (Phi) is 4.21. The van der Waals surface area contributed by atoms with Crippen LogP contribution in [-0.2, 0) is 6.54 Å². The molecule has 0 fully saturated rings. The molecule has 0 radical (unpaired) electrons. The Morgan fingerprint density at radius 3 is 2.57 bits per heavy atom. The zero-order valence-electron chi connectivity index (χ0n) is 12.6. The normalized spacial score (nSPS) is 10.5. The molecule has 0 bridgehead atoms. The third kappa shape index (κ3) is 3.18. The van der Waals surface area contributed by atoms with Crippen LogP contribution in [0.15, 0.2) is 29.1 Å². The molecule has 0 aliphatic rings. The van der Waals surface area contributed by atoms with Gasteiger partial charge >= 0.3 is 0 Å². The quantitative estimate of drug-likeness (QED) is 0.807. The highest BCUT2D eigenvalue weighted by Gasteiger charge is 2.14. The van der Waals surface area contributed by atoms with Crippen molar-refractivity contribution in [3.05, 3.63) is 57.0 Å². The standard InChI is InChI=1S/C16H18N2O3/c1-10-5-6-13(11(2)7-10)14(19)9-18-15(20)8-12(3)17-16(18)21-4/h5-8H,9H2,1-4H3. The van der Waals surface area contributed by atoms with Crippen molar-refractivity contribution < 1.29 is 9.53 Å². The van der Waals surface area contributed by atoms with E-state index in [1.54, 1.807) is 13.0 Å². The van der Waals surface area contributed by atoms with Crippen LogP contribution in [0.4, 0.5) is 0 Å². The molecule has 5 nitrogen and oxygen atoms in total. The molecule has 0 saturated carbocycles. The molecule has 21 heavy (non-hydrogen) atoms. The summed E-state index contributed by atoms with van der Waals surface area (Å²) in [7, 11) is 1.43. The number of Topliss-reactive ketones (excluding diaryl/α,β-unsaturated/α-hetero) is 1. The molecule has 5 heteroatoms. The lowest BCUT2D eigenvalue weighted by Crippen LogP contribution is -2.26. The number of hydrogen-bond acceptors (Lipinski definition) is 4. The van der Waals surface area contributed by atoms with E-state index in [4.69, 9.17) is 4.74 Å². The van der Waals surface area contributed by atoms with Crippen LogP contribution in [0.5, 0.6) is 6.01 Å². The van der Waals surface area contributed by atoms with E-state index in [1.807, 2.05) is 26.0 Å². The lowest BCUT2D eigenvalue weighted by atomic mass is 10.0. The van der Waals surface area contributed by atoms with E-state index in [0.29, 0.717) is 11.3 Å². The zero-order chi connectivity index (χ0) is 15.6. The van der Waals surface area contributed by atoms with Gasteiger partial charge in [0, 0.05) is 17.3 Å². The van der Waals surface area contributed by atoms with Gasteiger partial charge < -0.3 is 4.74 Å². The molecule has 0 spiro atoms. The van der Waals surface area contributed by atoms with Crippen LogP contribution in [-0.4, -0.2) is 22.4 Å². The number of rotatable bonds is 4. The van der Waals surface area contributed by atoms with Crippen LogP contribution in [0.3, 0.4) is 0 Å². The predicted octanol–water partition coefficient (Wildman–Crippen LogP) is 2.06. The Hall–Kier alpha value is -2.43. The van der Waals surface area contributed by atoms with Crippen LogP contribution < -0.4 is 10.3 Å². The number of carbonyl (C=O) groups excluding carboxylic acids is 1. The van der Waals surface area contributed by atoms with Gasteiger partial charge in [-0.1, -0.05) is 23.8 Å². The number of aromatic nitrogens is 2. The Morgan fingerprint density at radius 1 is 1.24 bits per heavy atom. The number of carbonyl (C=O) groups is 1. The van der Waals surface area contributed by atoms with Gasteiger partial charge in [-0.05, 0) is 26.3 Å². The van der Waals surface area contributed by atoms with E-state index in [0.717, 1.165) is 11.1 Å². The highest BCUT2D eigenvalue weighted by atomic mass is 16.5. The molecule has 2 aromatic rings. The number of methoxy groups -OCH3 is 1. The average molecular weight is 286 g/mol. The summed E-state index contributed by atoms with van der Waals surface area (Å²) in [4.78, 5) is 28.5. The van der Waals surface area contributed by atoms with E-state index in [-0.39, 0.29) is 23.9 Å². The molecule has 0 N–H and O–H groups in total. The summed E-state index contributed by atoms with van der Waals surface area (Å²) in [5.74, 6) is -0.140. The zero-order valence-corrected chi connectivity index (χ0v) is 12.6. The topological polar surface area (TPSA) is 61.2 Å². The van der Waals surface area contributed by atoms with Gasteiger partial charge in [0.15, 0.2) is 5.78 Å². The van der Waals surface area contributed by atoms with E-state index < -0.39 is 0 Å². The first-order valence-electron chi connectivity index (χ1n) is 6.65. The molecular formula is C16H18N2O3. The first-order valence-corrected chi connectivity index (χ1v) is 6.65. The molecule has 1 aromatic carbocycles. The fraction of sp³-hybridized carbons (Fsp3) is 0.312. The van der Waals surface area contributed by atoms with Crippen molar-refractivity contribution in [2.45, 2.75) is 27.3 Å². The highest BCUT2D eigenvalue weighted by molar-refractivity contribution is 5.97. The van der Waals surface area contributed by atoms with Gasteiger partial charge in [-0.25, -0.2) is 4.98 Å². The number of benzene rings is 1. The highest BCUT2D eigenvalue weighted by Crippen LogP contribution is 2.13. The number of nitrogens with zero attached hydrogens (tertiary/aromatic N) is 2. The summed E-state index contributed by atoms with van der Waals surface area (Å²) in [5, 5.41) is 0. The van der Waals surface area contributed by atoms with Crippen molar-refractivity contribution in [2.24, 2.45) is 0 Å². The van der Waals surface area contributed by atoms with E-state index in [2.05, 4.69) is 4.98 Å². The molecule has 0 aliphatic carbocycles. The second kappa shape index (κ2) is 5.91. The van der Waals surface area contributed by atoms with Gasteiger partial charge in [-0.2, -0.15) is 0 Å². The number of hydrogen-bond donors (Lipinski definition) is 0. The van der Waals surface area contributed by atoms with E-state index >= 15 is 0 Å². The van der Waals surface area contributed by atoms with Crippen molar-refractivity contribution in [2.75, 3.05) is 7.11 Å². The van der Waals surface area contributed by atoms with Gasteiger partial charge in [0.2, 0.25) is 0 Å². The molecule has 0 atom stereocenters. The Bertz CT molecular complexity index is 748. The van der Waals surface area contributed by atoms with Gasteiger partial charge in [0.1, 0.15) is 0 Å². The van der Waals surface area contributed by atoms with Crippen LogP contribution >= 0.6 is 0 Å². The van der Waals surface area contributed by atoms with Crippen molar-refractivity contribution in [3.8, 4) is 6.01 Å². The largest absolute Gasteiger partial charge is 0.468 e. The number of ether oxygens (including phenoxy) is 1. The monoisotopic (exact) mass is 286 g/mol. The van der Waals surface area contributed by atoms with Gasteiger partial charge in [-0.3, -0.25) is 14.2 Å². The second-order valence-electron chi connectivity index (χ2n) is 5.05. The third-order valence-electron chi connectivity index (χ3n) is 3.27. The smallest absolute Gasteiger partial charge is 0.299 e. The summed E-state index contributed by atoms with van der Waals surface area (Å²) in [6.07, 6.45) is 0. The molecule has 0 aliphatic heterocycles. The van der Waals surface area contributed by atoms with Crippen LogP contribution in [0, 0.1) is 20.8 Å². The van der Waals surface area contributed by atoms with Crippen LogP contribution in [0.2, 0.25) is 0 Å². The maximum absolute atomic E-state index is 12.4. The lowest BCUT2D eigenvalue weighted by Gasteiger charge is -2.11. The van der Waals surface area contributed by atoms with Crippen molar-refractivity contribution in [1.82, 2.24) is 9.55 Å². The number of ketones is 1. The SMILES string of the molecule is COc1nc(C)cc(=O)n1CC(=O)c1ccc(C)cc1C. The van der Waals surface area contributed by atoms with Crippen molar-refractivity contribution in [1.29, 1.82) is 0 Å². The summed E-state index contributed by atoms with van der Waals surface area (Å²) < 4.78 is 6.34. The summed E-state index contributed by atoms with van der Waals surface area (Å²) in [5.41, 5.74) is 2.86. The molecule has 0 amide bonds. The Balaban J connectivity index is 2.38. The van der Waals surface area contributed by atoms with Gasteiger partial charge in [-0.15, -0.1) is 0 Å². The minimum atomic E-state index is -0.294. The minimum Gasteiger partial charge on any atom is -0.468 e. The maximum atomic E-state index is 12.4. The fourth-order valence-corrected chi connectivity index (χ4v) is 2.25. The molecule has 0 unspecified atom stereocenters. The van der Waals surface area contributed by atoms with Crippen molar-refractivity contribution in [3.63, 3.8) is 0 Å². The molecule has 2 rings (SSSR count). The molecule has 0 saturated heterocycles. The third-order valence-corrected chi connectivity index (χ3v) is 3.27. The lowest BCUT2D eigenvalue weighted by molar-refractivity contribution is 0.0965. The fourth-order valence-electron chi connectivity index (χ4n) is 2.25. The van der Waals surface area contributed by atoms with E-state index in [1.165, 1.54) is 17.7 Å². The molecular weight excluding hydrogens is 268 g/mol. The first kappa shape index (κ1) is 15.0. The van der Waals surface area contributed by atoms with Crippen molar-refractivity contribution >= 4 is 5.78 Å². The van der Waals surface area contributed by atoms with Crippen LogP contribution in [0.25, 0.3) is 0 Å². The minimum absolute atomic E-state index is 0.0841. The number of aryl methyl sites for hydroxylation is 3. The first-order chi connectivity index (χ1) is 9.92. The average Bonchev–Trinajstić information content (AvgIpc) is 2.41.